The molecule has 5 nitrogen and oxygen atoms in total. The first-order valence-electron chi connectivity index (χ1n) is 8.62. The molecule has 1 N–H and O–H groups in total. The highest BCUT2D eigenvalue weighted by molar-refractivity contribution is 7.99. The molecule has 25 heavy (non-hydrogen) atoms. The Balaban J connectivity index is 1.56. The molecule has 0 unspecified atom stereocenters. The van der Waals surface area contributed by atoms with Crippen molar-refractivity contribution in [2.45, 2.75) is 37.3 Å². The van der Waals surface area contributed by atoms with E-state index in [1.807, 2.05) is 30.3 Å². The zero-order chi connectivity index (χ0) is 17.6. The van der Waals surface area contributed by atoms with Crippen LogP contribution in [0.25, 0.3) is 0 Å². The number of halogens is 1. The highest BCUT2D eigenvalue weighted by Crippen LogP contribution is 2.33. The molecule has 1 aromatic rings. The summed E-state index contributed by atoms with van der Waals surface area (Å²) in [5.41, 5.74) is 0.891. The lowest BCUT2D eigenvalue weighted by atomic mass is 9.98. The van der Waals surface area contributed by atoms with Gasteiger partial charge in [-0.2, -0.15) is 0 Å². The Morgan fingerprint density at radius 2 is 2.08 bits per heavy atom. The molecule has 7 heteroatoms. The molecule has 2 fully saturated rings. The zero-order valence-electron chi connectivity index (χ0n) is 14.0. The summed E-state index contributed by atoms with van der Waals surface area (Å²) in [6.45, 7) is 0.196. The number of fused-ring (bicyclic) bond motifs is 1. The quantitative estimate of drug-likeness (QED) is 0.890. The Bertz CT molecular complexity index is 601. The van der Waals surface area contributed by atoms with Gasteiger partial charge in [0.15, 0.2) is 0 Å². The van der Waals surface area contributed by atoms with Crippen molar-refractivity contribution in [1.82, 2.24) is 10.2 Å². The summed E-state index contributed by atoms with van der Waals surface area (Å²) in [6.07, 6.45) is 1.60. The Morgan fingerprint density at radius 3 is 2.84 bits per heavy atom. The number of alkyl carbamates (subject to hydrolysis) is 1. The minimum atomic E-state index is -0.598. The third kappa shape index (κ3) is 4.66. The second-order valence-corrected chi connectivity index (χ2v) is 7.75. The first-order valence-corrected chi connectivity index (χ1v) is 9.67. The molecule has 2 saturated heterocycles. The molecule has 1 aromatic carbocycles. The third-order valence-electron chi connectivity index (χ3n) is 4.65. The normalized spacial score (nSPS) is 26.5. The molecule has 0 spiro atoms. The Morgan fingerprint density at radius 1 is 1.28 bits per heavy atom. The molecule has 2 amide bonds. The fourth-order valence-electron chi connectivity index (χ4n) is 3.24. The van der Waals surface area contributed by atoms with Gasteiger partial charge in [0.2, 0.25) is 5.91 Å². The predicted molar refractivity (Wildman–Crippen MR) is 94.8 cm³/mol. The second-order valence-electron chi connectivity index (χ2n) is 6.46. The number of hydrogen-bond donors (Lipinski definition) is 1. The summed E-state index contributed by atoms with van der Waals surface area (Å²) in [6, 6.07) is 8.79. The van der Waals surface area contributed by atoms with E-state index in [0.717, 1.165) is 24.2 Å². The monoisotopic (exact) mass is 366 g/mol. The first-order chi connectivity index (χ1) is 12.2. The topological polar surface area (TPSA) is 58.6 Å². The van der Waals surface area contributed by atoms with Crippen LogP contribution in [-0.2, 0) is 16.1 Å². The molecular weight excluding hydrogens is 343 g/mol. The van der Waals surface area contributed by atoms with E-state index in [0.29, 0.717) is 13.0 Å². The standard InChI is InChI=1S/C18H23FN2O3S/c19-10-14-6-7-16-21(11-14)17(22)15(8-9-25-16)20-18(23)24-12-13-4-2-1-3-5-13/h1-5,14-16H,6-12H2,(H,20,23)/t14-,15-,16-/m0/s1. The van der Waals surface area contributed by atoms with Crippen LogP contribution in [-0.4, -0.2) is 47.3 Å². The number of nitrogens with one attached hydrogen (secondary N) is 1. The molecule has 2 aliphatic rings. The number of carbonyl (C=O) groups is 2. The van der Waals surface area contributed by atoms with E-state index in [-0.39, 0.29) is 23.8 Å². The van der Waals surface area contributed by atoms with E-state index in [4.69, 9.17) is 4.74 Å². The highest BCUT2D eigenvalue weighted by atomic mass is 32.2. The number of rotatable bonds is 4. The van der Waals surface area contributed by atoms with E-state index in [1.165, 1.54) is 0 Å². The lowest BCUT2D eigenvalue weighted by Gasteiger charge is -2.38. The van der Waals surface area contributed by atoms with Crippen molar-refractivity contribution in [3.63, 3.8) is 0 Å². The van der Waals surface area contributed by atoms with E-state index in [2.05, 4.69) is 5.32 Å². The van der Waals surface area contributed by atoms with Crippen LogP contribution in [0, 0.1) is 5.92 Å². The SMILES string of the molecule is O=C(N[C@H]1CCS[C@H]2CC[C@@H](CF)CN2C1=O)OCc1ccccc1. The molecule has 2 heterocycles. The Labute approximate surface area is 151 Å². The first kappa shape index (κ1) is 18.0. The molecule has 3 rings (SSSR count). The van der Waals surface area contributed by atoms with Crippen LogP contribution in [0.4, 0.5) is 9.18 Å². The van der Waals surface area contributed by atoms with Crippen molar-refractivity contribution in [2.24, 2.45) is 5.92 Å². The van der Waals surface area contributed by atoms with Crippen LogP contribution in [0.3, 0.4) is 0 Å². The number of nitrogens with zero attached hydrogens (tertiary/aromatic N) is 1. The molecule has 0 saturated carbocycles. The van der Waals surface area contributed by atoms with Crippen LogP contribution in [0.15, 0.2) is 30.3 Å². The average Bonchev–Trinajstić information content (AvgIpc) is 2.80. The van der Waals surface area contributed by atoms with Gasteiger partial charge in [0.05, 0.1) is 12.0 Å². The van der Waals surface area contributed by atoms with Gasteiger partial charge in [0.1, 0.15) is 12.6 Å². The minimum Gasteiger partial charge on any atom is -0.445 e. The van der Waals surface area contributed by atoms with Gasteiger partial charge in [-0.05, 0) is 30.6 Å². The summed E-state index contributed by atoms with van der Waals surface area (Å²) >= 11 is 1.72. The number of ether oxygens (including phenoxy) is 1. The van der Waals surface area contributed by atoms with Gasteiger partial charge in [0.25, 0.3) is 0 Å². The zero-order valence-corrected chi connectivity index (χ0v) is 14.8. The molecule has 0 radical (unpaired) electrons. The highest BCUT2D eigenvalue weighted by Gasteiger charge is 2.38. The van der Waals surface area contributed by atoms with E-state index >= 15 is 0 Å². The van der Waals surface area contributed by atoms with Crippen molar-refractivity contribution in [1.29, 1.82) is 0 Å². The van der Waals surface area contributed by atoms with E-state index < -0.39 is 18.8 Å². The lowest BCUT2D eigenvalue weighted by molar-refractivity contribution is -0.136. The Hall–Kier alpha value is -1.76. The molecule has 0 aromatic heterocycles. The summed E-state index contributed by atoms with van der Waals surface area (Å²) < 4.78 is 18.2. The number of amides is 2. The molecule has 0 bridgehead atoms. The van der Waals surface area contributed by atoms with Gasteiger partial charge in [-0.25, -0.2) is 4.79 Å². The van der Waals surface area contributed by atoms with Gasteiger partial charge in [-0.15, -0.1) is 11.8 Å². The fraction of sp³-hybridized carbons (Fsp3) is 0.556. The van der Waals surface area contributed by atoms with Crippen LogP contribution < -0.4 is 5.32 Å². The van der Waals surface area contributed by atoms with Crippen LogP contribution in [0.5, 0.6) is 0 Å². The second kappa shape index (κ2) is 8.56. The van der Waals surface area contributed by atoms with Crippen molar-refractivity contribution in [2.75, 3.05) is 19.0 Å². The number of carbonyl (C=O) groups excluding carboxylic acids is 2. The molecular formula is C18H23FN2O3S. The van der Waals surface area contributed by atoms with E-state index in [1.54, 1.807) is 16.7 Å². The fourth-order valence-corrected chi connectivity index (χ4v) is 4.56. The lowest BCUT2D eigenvalue weighted by Crippen LogP contribution is -2.53. The summed E-state index contributed by atoms with van der Waals surface area (Å²) in [5, 5.41) is 2.78. The number of hydrogen-bond acceptors (Lipinski definition) is 4. The molecule has 0 aliphatic carbocycles. The van der Waals surface area contributed by atoms with Gasteiger partial charge >= 0.3 is 6.09 Å². The van der Waals surface area contributed by atoms with Crippen molar-refractivity contribution in [3.05, 3.63) is 35.9 Å². The van der Waals surface area contributed by atoms with Crippen LogP contribution in [0.2, 0.25) is 0 Å². The summed E-state index contributed by atoms with van der Waals surface area (Å²) in [7, 11) is 0. The maximum atomic E-state index is 13.0. The predicted octanol–water partition coefficient (Wildman–Crippen LogP) is 2.95. The maximum Gasteiger partial charge on any atom is 0.408 e. The van der Waals surface area contributed by atoms with Gasteiger partial charge in [0, 0.05) is 12.5 Å². The van der Waals surface area contributed by atoms with Gasteiger partial charge in [-0.1, -0.05) is 30.3 Å². The smallest absolute Gasteiger partial charge is 0.408 e. The van der Waals surface area contributed by atoms with Gasteiger partial charge < -0.3 is 15.0 Å². The van der Waals surface area contributed by atoms with Crippen molar-refractivity contribution in [3.8, 4) is 0 Å². The number of benzene rings is 1. The average molecular weight is 366 g/mol. The Kier molecular flexibility index (Phi) is 6.18. The minimum absolute atomic E-state index is 0.0930. The van der Waals surface area contributed by atoms with Crippen molar-refractivity contribution >= 4 is 23.8 Å². The largest absolute Gasteiger partial charge is 0.445 e. The van der Waals surface area contributed by atoms with Crippen LogP contribution >= 0.6 is 11.8 Å². The number of thioether (sulfide) groups is 1. The number of piperidine rings is 1. The molecule has 2 aliphatic heterocycles. The molecule has 136 valence electrons. The maximum absolute atomic E-state index is 13.0. The summed E-state index contributed by atoms with van der Waals surface area (Å²) in [4.78, 5) is 26.6. The number of alkyl halides is 1. The van der Waals surface area contributed by atoms with E-state index in [9.17, 15) is 14.0 Å². The third-order valence-corrected chi connectivity index (χ3v) is 5.99. The van der Waals surface area contributed by atoms with Crippen LogP contribution in [0.1, 0.15) is 24.8 Å². The van der Waals surface area contributed by atoms with Crippen molar-refractivity contribution < 1.29 is 18.7 Å². The molecule has 3 atom stereocenters. The summed E-state index contributed by atoms with van der Waals surface area (Å²) in [5.74, 6) is 0.575. The van der Waals surface area contributed by atoms with Gasteiger partial charge in [-0.3, -0.25) is 9.18 Å².